The SMILES string of the molecule is CCCn1ccnc1Nc1ccc(Cl)cc1C(F)(F)F. The number of nitrogens with one attached hydrogen (secondary N) is 1. The van der Waals surface area contributed by atoms with Crippen molar-refractivity contribution in [1.29, 1.82) is 0 Å². The summed E-state index contributed by atoms with van der Waals surface area (Å²) in [7, 11) is 0. The first-order valence-corrected chi connectivity index (χ1v) is 6.44. The Balaban J connectivity index is 2.36. The molecule has 2 rings (SSSR count). The van der Waals surface area contributed by atoms with Crippen molar-refractivity contribution < 1.29 is 13.2 Å². The maximum Gasteiger partial charge on any atom is 0.418 e. The van der Waals surface area contributed by atoms with Crippen LogP contribution in [0.3, 0.4) is 0 Å². The normalized spacial score (nSPS) is 11.7. The van der Waals surface area contributed by atoms with E-state index >= 15 is 0 Å². The molecule has 1 aromatic heterocycles. The van der Waals surface area contributed by atoms with Crippen molar-refractivity contribution in [2.24, 2.45) is 0 Å². The third-order valence-electron chi connectivity index (χ3n) is 2.71. The molecule has 0 atom stereocenters. The molecule has 108 valence electrons. The Morgan fingerprint density at radius 3 is 2.75 bits per heavy atom. The lowest BCUT2D eigenvalue weighted by Crippen LogP contribution is -2.11. The minimum absolute atomic E-state index is 0.0415. The summed E-state index contributed by atoms with van der Waals surface area (Å²) in [5.41, 5.74) is -0.874. The first-order chi connectivity index (χ1) is 9.41. The zero-order valence-corrected chi connectivity index (χ0v) is 11.5. The number of benzene rings is 1. The van der Waals surface area contributed by atoms with Gasteiger partial charge in [0.25, 0.3) is 0 Å². The molecule has 1 aromatic carbocycles. The monoisotopic (exact) mass is 303 g/mol. The molecule has 1 heterocycles. The minimum atomic E-state index is -4.48. The van der Waals surface area contributed by atoms with Crippen LogP contribution in [0.4, 0.5) is 24.8 Å². The molecule has 2 aromatic rings. The highest BCUT2D eigenvalue weighted by Crippen LogP contribution is 2.37. The molecule has 0 aliphatic heterocycles. The van der Waals surface area contributed by atoms with Crippen molar-refractivity contribution >= 4 is 23.2 Å². The predicted octanol–water partition coefficient (Wildman–Crippen LogP) is 4.71. The maximum atomic E-state index is 13.0. The van der Waals surface area contributed by atoms with Crippen LogP contribution in [0.1, 0.15) is 18.9 Å². The number of aryl methyl sites for hydroxylation is 1. The molecule has 20 heavy (non-hydrogen) atoms. The number of hydrogen-bond donors (Lipinski definition) is 1. The summed E-state index contributed by atoms with van der Waals surface area (Å²) in [6, 6.07) is 3.61. The van der Waals surface area contributed by atoms with E-state index in [-0.39, 0.29) is 10.7 Å². The third kappa shape index (κ3) is 3.25. The van der Waals surface area contributed by atoms with E-state index in [1.54, 1.807) is 17.0 Å². The van der Waals surface area contributed by atoms with Crippen LogP contribution in [0, 0.1) is 0 Å². The van der Waals surface area contributed by atoms with Gasteiger partial charge in [-0.05, 0) is 24.6 Å². The number of rotatable bonds is 4. The Hall–Kier alpha value is -1.69. The van der Waals surface area contributed by atoms with E-state index in [0.717, 1.165) is 12.5 Å². The van der Waals surface area contributed by atoms with E-state index < -0.39 is 11.7 Å². The van der Waals surface area contributed by atoms with E-state index in [1.165, 1.54) is 12.1 Å². The van der Waals surface area contributed by atoms with Gasteiger partial charge in [0, 0.05) is 24.0 Å². The largest absolute Gasteiger partial charge is 0.418 e. The predicted molar refractivity (Wildman–Crippen MR) is 72.3 cm³/mol. The average Bonchev–Trinajstić information content (AvgIpc) is 2.78. The second-order valence-corrected chi connectivity index (χ2v) is 4.69. The Bertz CT molecular complexity index is 593. The first-order valence-electron chi connectivity index (χ1n) is 6.06. The summed E-state index contributed by atoms with van der Waals surface area (Å²) < 4.78 is 40.7. The van der Waals surface area contributed by atoms with E-state index in [0.29, 0.717) is 12.5 Å². The van der Waals surface area contributed by atoms with Gasteiger partial charge in [0.1, 0.15) is 0 Å². The highest BCUT2D eigenvalue weighted by atomic mass is 35.5. The highest BCUT2D eigenvalue weighted by Gasteiger charge is 2.34. The topological polar surface area (TPSA) is 29.9 Å². The Kier molecular flexibility index (Phi) is 4.23. The molecule has 0 fully saturated rings. The van der Waals surface area contributed by atoms with Gasteiger partial charge < -0.3 is 9.88 Å². The van der Waals surface area contributed by atoms with Crippen molar-refractivity contribution in [3.8, 4) is 0 Å². The molecule has 0 aliphatic rings. The Morgan fingerprint density at radius 2 is 2.10 bits per heavy atom. The molecule has 7 heteroatoms. The van der Waals surface area contributed by atoms with Gasteiger partial charge in [0.2, 0.25) is 5.95 Å². The van der Waals surface area contributed by atoms with Crippen LogP contribution >= 0.6 is 11.6 Å². The number of aromatic nitrogens is 2. The van der Waals surface area contributed by atoms with Crippen LogP contribution < -0.4 is 5.32 Å². The average molecular weight is 304 g/mol. The number of imidazole rings is 1. The molecule has 0 spiro atoms. The van der Waals surface area contributed by atoms with Gasteiger partial charge in [0.15, 0.2) is 0 Å². The van der Waals surface area contributed by atoms with Crippen LogP contribution in [0.5, 0.6) is 0 Å². The second-order valence-electron chi connectivity index (χ2n) is 4.26. The quantitative estimate of drug-likeness (QED) is 0.886. The van der Waals surface area contributed by atoms with Gasteiger partial charge >= 0.3 is 6.18 Å². The van der Waals surface area contributed by atoms with Crippen LogP contribution in [0.25, 0.3) is 0 Å². The maximum absolute atomic E-state index is 13.0. The van der Waals surface area contributed by atoms with Gasteiger partial charge in [-0.15, -0.1) is 0 Å². The lowest BCUT2D eigenvalue weighted by Gasteiger charge is -2.15. The number of anilines is 2. The fourth-order valence-electron chi connectivity index (χ4n) is 1.84. The molecule has 0 saturated carbocycles. The van der Waals surface area contributed by atoms with Crippen molar-refractivity contribution in [1.82, 2.24) is 9.55 Å². The Labute approximate surface area is 119 Å². The van der Waals surface area contributed by atoms with Gasteiger partial charge in [-0.2, -0.15) is 13.2 Å². The number of alkyl halides is 3. The lowest BCUT2D eigenvalue weighted by atomic mass is 10.1. The molecule has 0 aliphatic carbocycles. The molecule has 0 bridgehead atoms. The van der Waals surface area contributed by atoms with E-state index in [2.05, 4.69) is 10.3 Å². The summed E-state index contributed by atoms with van der Waals surface area (Å²) in [6.45, 7) is 2.66. The van der Waals surface area contributed by atoms with E-state index in [9.17, 15) is 13.2 Å². The fraction of sp³-hybridized carbons (Fsp3) is 0.308. The third-order valence-corrected chi connectivity index (χ3v) is 2.95. The van der Waals surface area contributed by atoms with Crippen LogP contribution in [-0.4, -0.2) is 9.55 Å². The Morgan fingerprint density at radius 1 is 1.35 bits per heavy atom. The fourth-order valence-corrected chi connectivity index (χ4v) is 2.01. The summed E-state index contributed by atoms with van der Waals surface area (Å²) >= 11 is 5.64. The van der Waals surface area contributed by atoms with Crippen molar-refractivity contribution in [3.05, 3.63) is 41.2 Å². The van der Waals surface area contributed by atoms with Crippen molar-refractivity contribution in [2.75, 3.05) is 5.32 Å². The molecular formula is C13H13ClF3N3. The molecular weight excluding hydrogens is 291 g/mol. The van der Waals surface area contributed by atoms with Crippen molar-refractivity contribution in [2.45, 2.75) is 26.1 Å². The number of halogens is 4. The molecule has 0 amide bonds. The number of hydrogen-bond acceptors (Lipinski definition) is 2. The first kappa shape index (κ1) is 14.7. The van der Waals surface area contributed by atoms with Crippen LogP contribution in [-0.2, 0) is 12.7 Å². The summed E-state index contributed by atoms with van der Waals surface area (Å²) in [5, 5.41) is 2.75. The molecule has 0 radical (unpaired) electrons. The second kappa shape index (κ2) is 5.75. The summed E-state index contributed by atoms with van der Waals surface area (Å²) in [4.78, 5) is 4.03. The summed E-state index contributed by atoms with van der Waals surface area (Å²) in [5.74, 6) is 0.375. The van der Waals surface area contributed by atoms with Gasteiger partial charge in [-0.1, -0.05) is 18.5 Å². The van der Waals surface area contributed by atoms with Gasteiger partial charge in [-0.25, -0.2) is 4.98 Å². The zero-order chi connectivity index (χ0) is 14.8. The zero-order valence-electron chi connectivity index (χ0n) is 10.7. The standard InChI is InChI=1S/C13H13ClF3N3/c1-2-6-20-7-5-18-12(20)19-11-4-3-9(14)8-10(11)13(15,16)17/h3-5,7-8H,2,6H2,1H3,(H,18,19). The number of nitrogens with zero attached hydrogens (tertiary/aromatic N) is 2. The lowest BCUT2D eigenvalue weighted by molar-refractivity contribution is -0.136. The molecule has 0 unspecified atom stereocenters. The molecule has 3 nitrogen and oxygen atoms in total. The van der Waals surface area contributed by atoms with E-state index in [1.807, 2.05) is 6.92 Å². The van der Waals surface area contributed by atoms with Crippen LogP contribution in [0.15, 0.2) is 30.6 Å². The molecule has 1 N–H and O–H groups in total. The van der Waals surface area contributed by atoms with Crippen molar-refractivity contribution in [3.63, 3.8) is 0 Å². The van der Waals surface area contributed by atoms with Crippen LogP contribution in [0.2, 0.25) is 5.02 Å². The summed E-state index contributed by atoms with van der Waals surface area (Å²) in [6.07, 6.45) is -0.358. The minimum Gasteiger partial charge on any atom is -0.325 e. The van der Waals surface area contributed by atoms with E-state index in [4.69, 9.17) is 11.6 Å². The smallest absolute Gasteiger partial charge is 0.325 e. The molecule has 0 saturated heterocycles. The van der Waals surface area contributed by atoms with Gasteiger partial charge in [0.05, 0.1) is 11.3 Å². The van der Waals surface area contributed by atoms with Gasteiger partial charge in [-0.3, -0.25) is 0 Å². The highest BCUT2D eigenvalue weighted by molar-refractivity contribution is 6.30.